The maximum atomic E-state index is 11.5. The predicted molar refractivity (Wildman–Crippen MR) is 51.0 cm³/mol. The Hall–Kier alpha value is -0.130. The molecule has 78 valence electrons. The molecule has 1 N–H and O–H groups in total. The Bertz CT molecular complexity index is 271. The molecule has 0 aliphatic carbocycles. The first-order valence-electron chi connectivity index (χ1n) is 4.44. The van der Waals surface area contributed by atoms with Gasteiger partial charge in [0.2, 0.25) is 10.0 Å². The zero-order valence-electron chi connectivity index (χ0n) is 8.33. The molecule has 1 unspecified atom stereocenters. The maximum Gasteiger partial charge on any atom is 0.214 e. The van der Waals surface area contributed by atoms with Crippen LogP contribution in [0.2, 0.25) is 0 Å². The normalized spacial score (nSPS) is 28.7. The van der Waals surface area contributed by atoms with Crippen molar-refractivity contribution in [2.75, 3.05) is 13.7 Å². The van der Waals surface area contributed by atoms with Gasteiger partial charge in [0.15, 0.2) is 0 Å². The Kier molecular flexibility index (Phi) is 2.99. The lowest BCUT2D eigenvalue weighted by molar-refractivity contribution is -0.0496. The van der Waals surface area contributed by atoms with Crippen LogP contribution in [-0.2, 0) is 14.8 Å². The molecule has 1 aliphatic heterocycles. The SMILES string of the molecule is CNS(=O)(=O)C1CCOC(C)(C)C1. The minimum absolute atomic E-state index is 0.304. The van der Waals surface area contributed by atoms with Crippen molar-refractivity contribution in [3.8, 4) is 0 Å². The molecule has 0 amide bonds. The van der Waals surface area contributed by atoms with Crippen LogP contribution in [0.15, 0.2) is 0 Å². The van der Waals surface area contributed by atoms with Crippen molar-refractivity contribution in [1.82, 2.24) is 4.72 Å². The summed E-state index contributed by atoms with van der Waals surface area (Å²) in [5.41, 5.74) is -0.313. The van der Waals surface area contributed by atoms with Crippen LogP contribution in [0.25, 0.3) is 0 Å². The van der Waals surface area contributed by atoms with Gasteiger partial charge in [0.25, 0.3) is 0 Å². The molecule has 0 spiro atoms. The van der Waals surface area contributed by atoms with E-state index in [1.54, 1.807) is 0 Å². The van der Waals surface area contributed by atoms with E-state index in [1.165, 1.54) is 7.05 Å². The summed E-state index contributed by atoms with van der Waals surface area (Å²) in [6, 6.07) is 0. The third-order valence-electron chi connectivity index (χ3n) is 2.38. The number of rotatable bonds is 2. The molecule has 1 atom stereocenters. The van der Waals surface area contributed by atoms with Gasteiger partial charge in [-0.2, -0.15) is 0 Å². The highest BCUT2D eigenvalue weighted by Gasteiger charge is 2.35. The first-order valence-corrected chi connectivity index (χ1v) is 5.98. The molecular formula is C8H17NO3S. The summed E-state index contributed by atoms with van der Waals surface area (Å²) in [4.78, 5) is 0. The van der Waals surface area contributed by atoms with Crippen LogP contribution in [0.5, 0.6) is 0 Å². The van der Waals surface area contributed by atoms with Crippen LogP contribution in [0.3, 0.4) is 0 Å². The Balaban J connectivity index is 2.73. The highest BCUT2D eigenvalue weighted by atomic mass is 32.2. The molecule has 0 aromatic carbocycles. The quantitative estimate of drug-likeness (QED) is 0.717. The minimum Gasteiger partial charge on any atom is -0.375 e. The van der Waals surface area contributed by atoms with Crippen LogP contribution in [0.1, 0.15) is 26.7 Å². The predicted octanol–water partition coefficient (Wildman–Crippen LogP) is 0.493. The number of hydrogen-bond donors (Lipinski definition) is 1. The van der Waals surface area contributed by atoms with Gasteiger partial charge in [-0.3, -0.25) is 0 Å². The molecule has 13 heavy (non-hydrogen) atoms. The standard InChI is InChI=1S/C8H17NO3S/c1-8(2)6-7(4-5-12-8)13(10,11)9-3/h7,9H,4-6H2,1-3H3. The molecule has 1 heterocycles. The van der Waals surface area contributed by atoms with Gasteiger partial charge in [-0.1, -0.05) is 0 Å². The topological polar surface area (TPSA) is 55.4 Å². The second-order valence-corrected chi connectivity index (χ2v) is 6.14. The van der Waals surface area contributed by atoms with Gasteiger partial charge in [-0.25, -0.2) is 13.1 Å². The van der Waals surface area contributed by atoms with Crippen molar-refractivity contribution >= 4 is 10.0 Å². The Morgan fingerprint density at radius 3 is 2.54 bits per heavy atom. The van der Waals surface area contributed by atoms with E-state index in [1.807, 2.05) is 13.8 Å². The first kappa shape index (κ1) is 10.9. The van der Waals surface area contributed by atoms with Gasteiger partial charge in [0, 0.05) is 6.61 Å². The van der Waals surface area contributed by atoms with Crippen molar-refractivity contribution in [2.24, 2.45) is 0 Å². The molecule has 0 aromatic heterocycles. The fourth-order valence-corrected chi connectivity index (χ4v) is 2.97. The zero-order valence-corrected chi connectivity index (χ0v) is 9.15. The second kappa shape index (κ2) is 3.55. The molecule has 0 radical (unpaired) electrons. The first-order chi connectivity index (χ1) is 5.87. The largest absolute Gasteiger partial charge is 0.375 e. The van der Waals surface area contributed by atoms with Crippen LogP contribution in [-0.4, -0.2) is 32.9 Å². The smallest absolute Gasteiger partial charge is 0.214 e. The average Bonchev–Trinajstić information content (AvgIpc) is 2.03. The molecular weight excluding hydrogens is 190 g/mol. The summed E-state index contributed by atoms with van der Waals surface area (Å²) < 4.78 is 30.8. The maximum absolute atomic E-state index is 11.5. The monoisotopic (exact) mass is 207 g/mol. The lowest BCUT2D eigenvalue weighted by Gasteiger charge is -2.34. The molecule has 1 saturated heterocycles. The van der Waals surface area contributed by atoms with Crippen LogP contribution < -0.4 is 4.72 Å². The Labute approximate surface area is 79.7 Å². The van der Waals surface area contributed by atoms with Gasteiger partial charge in [0.05, 0.1) is 10.9 Å². The van der Waals surface area contributed by atoms with Crippen LogP contribution >= 0.6 is 0 Å². The fourth-order valence-electron chi connectivity index (χ4n) is 1.61. The molecule has 5 heteroatoms. The fraction of sp³-hybridized carbons (Fsp3) is 1.00. The van der Waals surface area contributed by atoms with Crippen molar-refractivity contribution in [2.45, 2.75) is 37.5 Å². The zero-order chi connectivity index (χ0) is 10.1. The van der Waals surface area contributed by atoms with E-state index in [9.17, 15) is 8.42 Å². The van der Waals surface area contributed by atoms with Crippen LogP contribution in [0.4, 0.5) is 0 Å². The van der Waals surface area contributed by atoms with E-state index in [-0.39, 0.29) is 10.9 Å². The summed E-state index contributed by atoms with van der Waals surface area (Å²) in [6.45, 7) is 4.37. The summed E-state index contributed by atoms with van der Waals surface area (Å²) in [5.74, 6) is 0. The van der Waals surface area contributed by atoms with Crippen molar-refractivity contribution in [1.29, 1.82) is 0 Å². The Morgan fingerprint density at radius 1 is 1.46 bits per heavy atom. The summed E-state index contributed by atoms with van der Waals surface area (Å²) >= 11 is 0. The van der Waals surface area contributed by atoms with E-state index >= 15 is 0 Å². The molecule has 1 aliphatic rings. The van der Waals surface area contributed by atoms with E-state index < -0.39 is 10.0 Å². The van der Waals surface area contributed by atoms with Gasteiger partial charge >= 0.3 is 0 Å². The third-order valence-corrected chi connectivity index (χ3v) is 4.22. The van der Waals surface area contributed by atoms with Crippen molar-refractivity contribution < 1.29 is 13.2 Å². The summed E-state index contributed by atoms with van der Waals surface area (Å²) in [7, 11) is -1.67. The third kappa shape index (κ3) is 2.65. The van der Waals surface area contributed by atoms with Gasteiger partial charge in [-0.05, 0) is 33.7 Å². The van der Waals surface area contributed by atoms with Crippen molar-refractivity contribution in [3.05, 3.63) is 0 Å². The number of nitrogens with one attached hydrogen (secondary N) is 1. The van der Waals surface area contributed by atoms with Gasteiger partial charge in [-0.15, -0.1) is 0 Å². The average molecular weight is 207 g/mol. The number of hydrogen-bond acceptors (Lipinski definition) is 3. The van der Waals surface area contributed by atoms with E-state index in [0.29, 0.717) is 19.4 Å². The van der Waals surface area contributed by atoms with Gasteiger partial charge < -0.3 is 4.74 Å². The molecule has 1 fully saturated rings. The number of ether oxygens (including phenoxy) is 1. The molecule has 0 saturated carbocycles. The number of sulfonamides is 1. The van der Waals surface area contributed by atoms with Crippen LogP contribution in [0, 0.1) is 0 Å². The highest BCUT2D eigenvalue weighted by molar-refractivity contribution is 7.90. The highest BCUT2D eigenvalue weighted by Crippen LogP contribution is 2.27. The molecule has 4 nitrogen and oxygen atoms in total. The van der Waals surface area contributed by atoms with Gasteiger partial charge in [0.1, 0.15) is 0 Å². The van der Waals surface area contributed by atoms with E-state index in [0.717, 1.165) is 0 Å². The Morgan fingerprint density at radius 2 is 2.08 bits per heavy atom. The van der Waals surface area contributed by atoms with Crippen molar-refractivity contribution in [3.63, 3.8) is 0 Å². The minimum atomic E-state index is -3.12. The lowest BCUT2D eigenvalue weighted by Crippen LogP contribution is -2.43. The summed E-state index contributed by atoms with van der Waals surface area (Å²) in [5, 5.41) is -0.304. The molecule has 0 bridgehead atoms. The second-order valence-electron chi connectivity index (χ2n) is 3.97. The van der Waals surface area contributed by atoms with E-state index in [4.69, 9.17) is 4.74 Å². The molecule has 0 aromatic rings. The summed E-state index contributed by atoms with van der Waals surface area (Å²) in [6.07, 6.45) is 1.16. The molecule has 1 rings (SSSR count). The lowest BCUT2D eigenvalue weighted by atomic mass is 9.98. The van der Waals surface area contributed by atoms with E-state index in [2.05, 4.69) is 4.72 Å².